The first kappa shape index (κ1) is 9.82. The van der Waals surface area contributed by atoms with E-state index in [1.165, 1.54) is 0 Å². The van der Waals surface area contributed by atoms with E-state index in [1.807, 2.05) is 16.5 Å². The van der Waals surface area contributed by atoms with E-state index < -0.39 is 0 Å². The van der Waals surface area contributed by atoms with Crippen molar-refractivity contribution in [2.24, 2.45) is 0 Å². The lowest BCUT2D eigenvalue weighted by Crippen LogP contribution is -1.87. The fraction of sp³-hybridized carbons (Fsp3) is 0. The highest BCUT2D eigenvalue weighted by Crippen LogP contribution is 2.31. The molecule has 3 aromatic heterocycles. The van der Waals surface area contributed by atoms with Gasteiger partial charge < -0.3 is 10.1 Å². The number of nitrogens with two attached hydrogens (primary N) is 1. The summed E-state index contributed by atoms with van der Waals surface area (Å²) in [4.78, 5) is 8.35. The van der Waals surface area contributed by atoms with Crippen molar-refractivity contribution >= 4 is 48.6 Å². The topological polar surface area (TPSA) is 56.7 Å². The van der Waals surface area contributed by atoms with E-state index in [2.05, 4.69) is 19.4 Å². The SMILES string of the molecule is Nc1cnc2c(c1)c1cc(Cl)ncc1n2P. The molecule has 0 aliphatic rings. The smallest absolute Gasteiger partial charge is 0.144 e. The average molecular weight is 251 g/mol. The number of anilines is 1. The van der Waals surface area contributed by atoms with Gasteiger partial charge in [0.1, 0.15) is 10.8 Å². The van der Waals surface area contributed by atoms with E-state index in [0.29, 0.717) is 10.8 Å². The molecule has 0 spiro atoms. The van der Waals surface area contributed by atoms with E-state index in [4.69, 9.17) is 17.3 Å². The Morgan fingerprint density at radius 3 is 2.81 bits per heavy atom. The fourth-order valence-electron chi connectivity index (χ4n) is 1.81. The summed E-state index contributed by atoms with van der Waals surface area (Å²) in [7, 11) is 2.61. The van der Waals surface area contributed by atoms with Gasteiger partial charge in [-0.05, 0) is 21.5 Å². The Morgan fingerprint density at radius 1 is 1.19 bits per heavy atom. The minimum atomic E-state index is 0.465. The molecule has 4 nitrogen and oxygen atoms in total. The van der Waals surface area contributed by atoms with E-state index in [1.54, 1.807) is 12.4 Å². The molecule has 0 aliphatic carbocycles. The Hall–Kier alpha value is -1.38. The van der Waals surface area contributed by atoms with E-state index in [0.717, 1.165) is 21.9 Å². The summed E-state index contributed by atoms with van der Waals surface area (Å²) in [6.07, 6.45) is 3.36. The average Bonchev–Trinajstić information content (AvgIpc) is 2.52. The summed E-state index contributed by atoms with van der Waals surface area (Å²) in [5.41, 5.74) is 8.18. The Balaban J connectivity index is 2.60. The molecule has 0 radical (unpaired) electrons. The first-order valence-corrected chi connectivity index (χ1v) is 5.52. The van der Waals surface area contributed by atoms with Crippen LogP contribution < -0.4 is 5.73 Å². The van der Waals surface area contributed by atoms with Gasteiger partial charge in [0.2, 0.25) is 0 Å². The number of hydrogen-bond acceptors (Lipinski definition) is 3. The van der Waals surface area contributed by atoms with Gasteiger partial charge in [0.25, 0.3) is 0 Å². The fourth-order valence-corrected chi connectivity index (χ4v) is 2.38. The highest BCUT2D eigenvalue weighted by atomic mass is 35.5. The molecule has 0 saturated carbocycles. The third-order valence-electron chi connectivity index (χ3n) is 2.52. The second-order valence-corrected chi connectivity index (χ2v) is 4.44. The maximum Gasteiger partial charge on any atom is 0.144 e. The molecule has 3 aromatic rings. The number of halogens is 1. The zero-order chi connectivity index (χ0) is 11.3. The summed E-state index contributed by atoms with van der Waals surface area (Å²) >= 11 is 5.89. The third kappa shape index (κ3) is 1.27. The second kappa shape index (κ2) is 3.30. The van der Waals surface area contributed by atoms with Crippen LogP contribution in [-0.2, 0) is 0 Å². The lowest BCUT2D eigenvalue weighted by molar-refractivity contribution is 1.27. The van der Waals surface area contributed by atoms with Crippen LogP contribution in [0.25, 0.3) is 21.9 Å². The van der Waals surface area contributed by atoms with Crippen LogP contribution in [0.2, 0.25) is 5.15 Å². The minimum absolute atomic E-state index is 0.465. The molecule has 0 aromatic carbocycles. The van der Waals surface area contributed by atoms with Crippen LogP contribution >= 0.6 is 21.0 Å². The Kier molecular flexibility index (Phi) is 2.03. The highest BCUT2D eigenvalue weighted by Gasteiger charge is 2.10. The van der Waals surface area contributed by atoms with Crippen LogP contribution in [0, 0.1) is 0 Å². The van der Waals surface area contributed by atoms with Gasteiger partial charge >= 0.3 is 0 Å². The molecule has 1 atom stereocenters. The number of nitrogen functional groups attached to an aromatic ring is 1. The van der Waals surface area contributed by atoms with Gasteiger partial charge in [-0.15, -0.1) is 0 Å². The van der Waals surface area contributed by atoms with Crippen molar-refractivity contribution < 1.29 is 0 Å². The van der Waals surface area contributed by atoms with Crippen molar-refractivity contribution in [1.82, 2.24) is 14.3 Å². The summed E-state index contributed by atoms with van der Waals surface area (Å²) in [5, 5.41) is 2.45. The normalized spacial score (nSPS) is 11.4. The molecule has 16 heavy (non-hydrogen) atoms. The molecule has 3 rings (SSSR count). The molecule has 0 bridgehead atoms. The number of fused-ring (bicyclic) bond motifs is 3. The van der Waals surface area contributed by atoms with Gasteiger partial charge in [0, 0.05) is 10.8 Å². The maximum atomic E-state index is 5.89. The maximum absolute atomic E-state index is 5.89. The molecule has 0 amide bonds. The van der Waals surface area contributed by atoms with Gasteiger partial charge in [0.15, 0.2) is 0 Å². The largest absolute Gasteiger partial charge is 0.397 e. The third-order valence-corrected chi connectivity index (χ3v) is 3.24. The molecule has 1 unspecified atom stereocenters. The van der Waals surface area contributed by atoms with E-state index in [-0.39, 0.29) is 0 Å². The second-order valence-electron chi connectivity index (χ2n) is 3.53. The number of hydrogen-bond donors (Lipinski definition) is 1. The van der Waals surface area contributed by atoms with Crippen LogP contribution in [0.5, 0.6) is 0 Å². The van der Waals surface area contributed by atoms with Gasteiger partial charge in [-0.1, -0.05) is 11.6 Å². The predicted octanol–water partition coefficient (Wildman–Crippen LogP) is 2.46. The molecule has 0 fully saturated rings. The first-order chi connectivity index (χ1) is 7.66. The molecule has 80 valence electrons. The van der Waals surface area contributed by atoms with Crippen LogP contribution in [0.1, 0.15) is 0 Å². The van der Waals surface area contributed by atoms with Crippen molar-refractivity contribution in [1.29, 1.82) is 0 Å². The standard InChI is InChI=1S/C10H8ClN4P/c11-9-2-6-7-1-5(12)3-14-10(7)15(16)8(6)4-13-9/h1-4H,12,16H2. The van der Waals surface area contributed by atoms with Gasteiger partial charge in [-0.3, -0.25) is 0 Å². The van der Waals surface area contributed by atoms with Crippen molar-refractivity contribution in [2.75, 3.05) is 5.73 Å². The number of pyridine rings is 2. The molecule has 0 saturated heterocycles. The predicted molar refractivity (Wildman–Crippen MR) is 69.6 cm³/mol. The van der Waals surface area contributed by atoms with E-state index in [9.17, 15) is 0 Å². The number of nitrogens with zero attached hydrogens (tertiary/aromatic N) is 3. The van der Waals surface area contributed by atoms with Gasteiger partial charge in [-0.25, -0.2) is 9.97 Å². The van der Waals surface area contributed by atoms with Gasteiger partial charge in [0.05, 0.1) is 23.6 Å². The summed E-state index contributed by atoms with van der Waals surface area (Å²) in [6, 6.07) is 3.71. The highest BCUT2D eigenvalue weighted by molar-refractivity contribution is 7.15. The Morgan fingerprint density at radius 2 is 2.00 bits per heavy atom. The van der Waals surface area contributed by atoms with Crippen molar-refractivity contribution in [3.05, 3.63) is 29.7 Å². The lowest BCUT2D eigenvalue weighted by Gasteiger charge is -1.95. The van der Waals surface area contributed by atoms with Crippen molar-refractivity contribution in [3.8, 4) is 0 Å². The number of aromatic nitrogens is 3. The molecule has 2 N–H and O–H groups in total. The Bertz CT molecular complexity index is 647. The zero-order valence-corrected chi connectivity index (χ0v) is 10.1. The number of rotatable bonds is 0. The molecule has 3 heterocycles. The quantitative estimate of drug-likeness (QED) is 0.493. The Labute approximate surface area is 98.7 Å². The van der Waals surface area contributed by atoms with Crippen molar-refractivity contribution in [2.45, 2.75) is 0 Å². The summed E-state index contributed by atoms with van der Waals surface area (Å²) in [5.74, 6) is 0. The summed E-state index contributed by atoms with van der Waals surface area (Å²) in [6.45, 7) is 0. The van der Waals surface area contributed by atoms with Gasteiger partial charge in [-0.2, -0.15) is 0 Å². The minimum Gasteiger partial charge on any atom is -0.397 e. The van der Waals surface area contributed by atoms with Crippen LogP contribution in [0.4, 0.5) is 5.69 Å². The zero-order valence-electron chi connectivity index (χ0n) is 8.18. The van der Waals surface area contributed by atoms with Crippen LogP contribution in [-0.4, -0.2) is 14.3 Å². The van der Waals surface area contributed by atoms with Crippen molar-refractivity contribution in [3.63, 3.8) is 0 Å². The van der Waals surface area contributed by atoms with Crippen LogP contribution in [0.15, 0.2) is 24.5 Å². The molecule has 6 heteroatoms. The molecule has 0 aliphatic heterocycles. The van der Waals surface area contributed by atoms with E-state index >= 15 is 0 Å². The summed E-state index contributed by atoms with van der Waals surface area (Å²) < 4.78 is 1.90. The molecular weight excluding hydrogens is 243 g/mol. The molecular formula is C10H8ClN4P. The first-order valence-electron chi connectivity index (χ1n) is 4.63. The lowest BCUT2D eigenvalue weighted by atomic mass is 10.2. The van der Waals surface area contributed by atoms with Crippen LogP contribution in [0.3, 0.4) is 0 Å². The monoisotopic (exact) mass is 250 g/mol.